The largest absolute Gasteiger partial charge is 0.493 e. The van der Waals surface area contributed by atoms with Crippen molar-refractivity contribution in [2.24, 2.45) is 5.41 Å². The van der Waals surface area contributed by atoms with E-state index in [1.807, 2.05) is 0 Å². The topological polar surface area (TPSA) is 73.3 Å². The van der Waals surface area contributed by atoms with Gasteiger partial charge in [0.15, 0.2) is 17.3 Å². The van der Waals surface area contributed by atoms with E-state index < -0.39 is 17.2 Å². The van der Waals surface area contributed by atoms with Crippen molar-refractivity contribution in [3.8, 4) is 11.5 Å². The van der Waals surface area contributed by atoms with Gasteiger partial charge in [-0.05, 0) is 39.0 Å². The van der Waals surface area contributed by atoms with Gasteiger partial charge >= 0.3 is 5.97 Å². The van der Waals surface area contributed by atoms with Crippen molar-refractivity contribution < 1.29 is 18.7 Å². The molecule has 146 valence electrons. The number of ether oxygens (including phenoxy) is 2. The quantitative estimate of drug-likeness (QED) is 0.481. The molecule has 0 radical (unpaired) electrons. The van der Waals surface area contributed by atoms with Gasteiger partial charge in [-0.1, -0.05) is 17.7 Å². The summed E-state index contributed by atoms with van der Waals surface area (Å²) in [6.07, 6.45) is 1.34. The average Bonchev–Trinajstić information content (AvgIpc) is 2.64. The van der Waals surface area contributed by atoms with Crippen LogP contribution in [-0.2, 0) is 4.79 Å². The van der Waals surface area contributed by atoms with E-state index >= 15 is 0 Å². The van der Waals surface area contributed by atoms with Crippen LogP contribution in [0.3, 0.4) is 0 Å². The number of benzene rings is 2. The molecule has 1 heterocycles. The van der Waals surface area contributed by atoms with Crippen LogP contribution in [-0.4, -0.2) is 23.0 Å². The van der Waals surface area contributed by atoms with Gasteiger partial charge in [0.25, 0.3) is 0 Å². The number of halogens is 2. The van der Waals surface area contributed by atoms with Crippen molar-refractivity contribution in [1.29, 1.82) is 0 Å². The zero-order valence-corrected chi connectivity index (χ0v) is 16.6. The van der Waals surface area contributed by atoms with Gasteiger partial charge in [0, 0.05) is 11.5 Å². The van der Waals surface area contributed by atoms with Crippen LogP contribution in [0.4, 0.5) is 15.9 Å². The lowest BCUT2D eigenvalue weighted by Gasteiger charge is -2.18. The molecule has 0 aliphatic heterocycles. The van der Waals surface area contributed by atoms with Crippen LogP contribution >= 0.6 is 11.6 Å². The number of nitrogens with one attached hydrogen (secondary N) is 1. The minimum absolute atomic E-state index is 0.00942. The first-order chi connectivity index (χ1) is 13.2. The molecule has 28 heavy (non-hydrogen) atoms. The first-order valence-corrected chi connectivity index (χ1v) is 8.84. The molecule has 0 fully saturated rings. The maximum atomic E-state index is 14.3. The number of fused-ring (bicyclic) bond motifs is 1. The predicted molar refractivity (Wildman–Crippen MR) is 106 cm³/mol. The number of esters is 1. The SMILES string of the molecule is COc1cc2ncnc(Nc3cccc(Cl)c3F)c2cc1OC(=O)C(C)(C)C. The lowest BCUT2D eigenvalue weighted by molar-refractivity contribution is -0.143. The van der Waals surface area contributed by atoms with Gasteiger partial charge in [-0.3, -0.25) is 4.79 Å². The molecule has 6 nitrogen and oxygen atoms in total. The first-order valence-electron chi connectivity index (χ1n) is 8.47. The molecule has 0 saturated carbocycles. The number of aromatic nitrogens is 2. The Labute approximate surface area is 166 Å². The highest BCUT2D eigenvalue weighted by atomic mass is 35.5. The predicted octanol–water partition coefficient (Wildman–Crippen LogP) is 5.13. The van der Waals surface area contributed by atoms with Crippen LogP contribution in [0.5, 0.6) is 11.5 Å². The van der Waals surface area contributed by atoms with E-state index in [1.165, 1.54) is 19.5 Å². The second kappa shape index (κ2) is 7.59. The highest BCUT2D eigenvalue weighted by molar-refractivity contribution is 6.31. The van der Waals surface area contributed by atoms with Gasteiger partial charge in [0.1, 0.15) is 12.1 Å². The number of nitrogens with zero attached hydrogens (tertiary/aromatic N) is 2. The Morgan fingerprint density at radius 1 is 1.18 bits per heavy atom. The lowest BCUT2D eigenvalue weighted by atomic mass is 9.97. The number of carbonyl (C=O) groups excluding carboxylic acids is 1. The molecule has 2 aromatic carbocycles. The Bertz CT molecular complexity index is 1050. The van der Waals surface area contributed by atoms with E-state index in [0.29, 0.717) is 22.5 Å². The van der Waals surface area contributed by atoms with Gasteiger partial charge in [-0.25, -0.2) is 14.4 Å². The summed E-state index contributed by atoms with van der Waals surface area (Å²) in [6, 6.07) is 7.83. The summed E-state index contributed by atoms with van der Waals surface area (Å²) < 4.78 is 25.1. The maximum Gasteiger partial charge on any atom is 0.316 e. The Kier molecular flexibility index (Phi) is 5.38. The standard InChI is InChI=1S/C20H19ClFN3O3/c1-20(2,3)19(26)28-16-8-11-14(9-15(16)27-4)23-10-24-18(11)25-13-7-5-6-12(21)17(13)22/h5-10H,1-4H3,(H,23,24,25). The molecule has 0 bridgehead atoms. The normalized spacial score (nSPS) is 11.4. The smallest absolute Gasteiger partial charge is 0.316 e. The molecule has 0 unspecified atom stereocenters. The monoisotopic (exact) mass is 403 g/mol. The number of hydrogen-bond acceptors (Lipinski definition) is 6. The van der Waals surface area contributed by atoms with E-state index in [0.717, 1.165) is 0 Å². The summed E-state index contributed by atoms with van der Waals surface area (Å²) >= 11 is 5.84. The van der Waals surface area contributed by atoms with Crippen molar-refractivity contribution in [2.75, 3.05) is 12.4 Å². The first kappa shape index (κ1) is 19.8. The minimum atomic E-state index is -0.696. The molecule has 3 rings (SSSR count). The van der Waals surface area contributed by atoms with Crippen molar-refractivity contribution in [3.63, 3.8) is 0 Å². The Morgan fingerprint density at radius 2 is 1.93 bits per heavy atom. The fraction of sp³-hybridized carbons (Fsp3) is 0.250. The number of methoxy groups -OCH3 is 1. The van der Waals surface area contributed by atoms with Gasteiger partial charge in [0.2, 0.25) is 0 Å². The van der Waals surface area contributed by atoms with E-state index in [2.05, 4.69) is 15.3 Å². The molecule has 1 N–H and O–H groups in total. The van der Waals surface area contributed by atoms with E-state index in [-0.39, 0.29) is 16.5 Å². The molecule has 8 heteroatoms. The third kappa shape index (κ3) is 3.99. The number of rotatable bonds is 4. The van der Waals surface area contributed by atoms with E-state index in [9.17, 15) is 9.18 Å². The summed E-state index contributed by atoms with van der Waals surface area (Å²) in [5.74, 6) is -0.105. The Hall–Kier alpha value is -2.93. The summed E-state index contributed by atoms with van der Waals surface area (Å²) in [5, 5.41) is 3.43. The molecule has 0 amide bonds. The van der Waals surface area contributed by atoms with Crippen molar-refractivity contribution >= 4 is 40.0 Å². The molecule has 0 saturated heterocycles. The molecular weight excluding hydrogens is 385 g/mol. The van der Waals surface area contributed by atoms with Crippen LogP contribution < -0.4 is 14.8 Å². The summed E-state index contributed by atoms with van der Waals surface area (Å²) in [6.45, 7) is 5.25. The van der Waals surface area contributed by atoms with Gasteiger partial charge in [-0.15, -0.1) is 0 Å². The number of carbonyl (C=O) groups is 1. The van der Waals surface area contributed by atoms with Crippen LogP contribution in [0.2, 0.25) is 5.02 Å². The van der Waals surface area contributed by atoms with Gasteiger partial charge in [0.05, 0.1) is 28.8 Å². The minimum Gasteiger partial charge on any atom is -0.493 e. The molecule has 0 spiro atoms. The molecule has 0 atom stereocenters. The van der Waals surface area contributed by atoms with Crippen molar-refractivity contribution in [1.82, 2.24) is 9.97 Å². The molecule has 1 aromatic heterocycles. The highest BCUT2D eigenvalue weighted by Gasteiger charge is 2.25. The van der Waals surface area contributed by atoms with Crippen LogP contribution in [0, 0.1) is 11.2 Å². The summed E-state index contributed by atoms with van der Waals surface area (Å²) in [4.78, 5) is 20.7. The number of anilines is 2. The van der Waals surface area contributed by atoms with Crippen molar-refractivity contribution in [2.45, 2.75) is 20.8 Å². The third-order valence-corrected chi connectivity index (χ3v) is 4.23. The zero-order valence-electron chi connectivity index (χ0n) is 15.8. The Morgan fingerprint density at radius 3 is 2.61 bits per heavy atom. The van der Waals surface area contributed by atoms with E-state index in [1.54, 1.807) is 45.0 Å². The molecular formula is C20H19ClFN3O3. The third-order valence-electron chi connectivity index (χ3n) is 3.94. The van der Waals surface area contributed by atoms with Gasteiger partial charge in [-0.2, -0.15) is 0 Å². The summed E-state index contributed by atoms with van der Waals surface area (Å²) in [7, 11) is 1.47. The number of hydrogen-bond donors (Lipinski definition) is 1. The van der Waals surface area contributed by atoms with Gasteiger partial charge < -0.3 is 14.8 Å². The second-order valence-electron chi connectivity index (χ2n) is 7.11. The lowest BCUT2D eigenvalue weighted by Crippen LogP contribution is -2.25. The average molecular weight is 404 g/mol. The molecule has 3 aromatic rings. The Balaban J connectivity index is 2.08. The van der Waals surface area contributed by atoms with E-state index in [4.69, 9.17) is 21.1 Å². The maximum absolute atomic E-state index is 14.3. The second-order valence-corrected chi connectivity index (χ2v) is 7.52. The molecule has 0 aliphatic carbocycles. The fourth-order valence-electron chi connectivity index (χ4n) is 2.38. The van der Waals surface area contributed by atoms with Crippen LogP contribution in [0.15, 0.2) is 36.7 Å². The summed E-state index contributed by atoms with van der Waals surface area (Å²) in [5.41, 5.74) is 0.00178. The molecule has 0 aliphatic rings. The fourth-order valence-corrected chi connectivity index (χ4v) is 2.56. The van der Waals surface area contributed by atoms with Crippen LogP contribution in [0.25, 0.3) is 10.9 Å². The zero-order chi connectivity index (χ0) is 20.5. The highest BCUT2D eigenvalue weighted by Crippen LogP contribution is 2.36. The van der Waals surface area contributed by atoms with Crippen LogP contribution in [0.1, 0.15) is 20.8 Å². The van der Waals surface area contributed by atoms with Crippen molar-refractivity contribution in [3.05, 3.63) is 47.5 Å².